The summed E-state index contributed by atoms with van der Waals surface area (Å²) in [6.07, 6.45) is 0.810. The average Bonchev–Trinajstić information content (AvgIpc) is 2.85. The number of nitrogens with zero attached hydrogens (tertiary/aromatic N) is 3. The highest BCUT2D eigenvalue weighted by atomic mass is 16.6. The predicted molar refractivity (Wildman–Crippen MR) is 82.6 cm³/mol. The summed E-state index contributed by atoms with van der Waals surface area (Å²) in [5.74, 6) is 0. The van der Waals surface area contributed by atoms with Gasteiger partial charge >= 0.3 is 6.09 Å². The second-order valence-corrected chi connectivity index (χ2v) is 5.84. The first kappa shape index (κ1) is 14.2. The van der Waals surface area contributed by atoms with Crippen molar-refractivity contribution in [3.8, 4) is 0 Å². The molecule has 114 valence electrons. The lowest BCUT2D eigenvalue weighted by Crippen LogP contribution is -2.47. The number of cyclic esters (lactones) is 1. The fourth-order valence-corrected chi connectivity index (χ4v) is 3.00. The molecular weight excluding hydrogens is 266 g/mol. The van der Waals surface area contributed by atoms with Crippen molar-refractivity contribution in [2.24, 2.45) is 0 Å². The van der Waals surface area contributed by atoms with Crippen LogP contribution in [-0.2, 0) is 4.74 Å². The predicted octanol–water partition coefficient (Wildman–Crippen LogP) is 1.65. The monoisotopic (exact) mass is 289 g/mol. The Morgan fingerprint density at radius 1 is 1.14 bits per heavy atom. The lowest BCUT2D eigenvalue weighted by Gasteiger charge is -2.36. The highest BCUT2D eigenvalue weighted by Crippen LogP contribution is 2.17. The third kappa shape index (κ3) is 3.47. The summed E-state index contributed by atoms with van der Waals surface area (Å²) in [5, 5.41) is 0. The van der Waals surface area contributed by atoms with Gasteiger partial charge in [0, 0.05) is 45.5 Å². The van der Waals surface area contributed by atoms with Crippen LogP contribution < -0.4 is 4.90 Å². The molecule has 0 spiro atoms. The lowest BCUT2D eigenvalue weighted by molar-refractivity contribution is 0.121. The molecule has 0 N–H and O–H groups in total. The van der Waals surface area contributed by atoms with E-state index in [0.29, 0.717) is 0 Å². The van der Waals surface area contributed by atoms with Crippen molar-refractivity contribution in [2.75, 3.05) is 51.2 Å². The number of likely N-dealkylation sites (N-methyl/N-ethyl adjacent to an activating group) is 1. The zero-order chi connectivity index (χ0) is 14.7. The molecular formula is C16H23N3O2. The summed E-state index contributed by atoms with van der Waals surface area (Å²) in [5.41, 5.74) is 1.31. The van der Waals surface area contributed by atoms with Crippen molar-refractivity contribution in [2.45, 2.75) is 12.5 Å². The minimum Gasteiger partial charge on any atom is -0.444 e. The summed E-state index contributed by atoms with van der Waals surface area (Å²) in [7, 11) is 1.79. The Kier molecular flexibility index (Phi) is 4.29. The molecule has 2 saturated heterocycles. The first-order chi connectivity index (χ1) is 10.2. The van der Waals surface area contributed by atoms with Crippen molar-refractivity contribution >= 4 is 11.8 Å². The molecule has 0 aliphatic carbocycles. The molecule has 1 aromatic carbocycles. The van der Waals surface area contributed by atoms with Crippen LogP contribution in [0.1, 0.15) is 6.42 Å². The number of piperazine rings is 1. The topological polar surface area (TPSA) is 36.0 Å². The molecule has 2 heterocycles. The number of anilines is 1. The first-order valence-corrected chi connectivity index (χ1v) is 7.66. The molecule has 2 aliphatic heterocycles. The quantitative estimate of drug-likeness (QED) is 0.844. The SMILES string of the molecule is CN1C[C@@H](CCN2CCN(c3ccccc3)CC2)OC1=O. The number of carbonyl (C=O) groups excluding carboxylic acids is 1. The van der Waals surface area contributed by atoms with Crippen molar-refractivity contribution < 1.29 is 9.53 Å². The van der Waals surface area contributed by atoms with Gasteiger partial charge in [-0.25, -0.2) is 4.79 Å². The molecule has 0 saturated carbocycles. The highest BCUT2D eigenvalue weighted by Gasteiger charge is 2.28. The van der Waals surface area contributed by atoms with E-state index in [1.54, 1.807) is 11.9 Å². The third-order valence-corrected chi connectivity index (χ3v) is 4.32. The number of hydrogen-bond donors (Lipinski definition) is 0. The van der Waals surface area contributed by atoms with Crippen LogP contribution in [0.5, 0.6) is 0 Å². The van der Waals surface area contributed by atoms with Gasteiger partial charge in [0.05, 0.1) is 6.54 Å². The second kappa shape index (κ2) is 6.35. The molecule has 0 unspecified atom stereocenters. The van der Waals surface area contributed by atoms with Gasteiger partial charge in [0.1, 0.15) is 6.10 Å². The summed E-state index contributed by atoms with van der Waals surface area (Å²) in [6, 6.07) is 10.6. The Morgan fingerprint density at radius 2 is 1.86 bits per heavy atom. The zero-order valence-electron chi connectivity index (χ0n) is 12.6. The van der Waals surface area contributed by atoms with Gasteiger partial charge in [-0.15, -0.1) is 0 Å². The van der Waals surface area contributed by atoms with Gasteiger partial charge in [-0.2, -0.15) is 0 Å². The maximum Gasteiger partial charge on any atom is 0.409 e. The second-order valence-electron chi connectivity index (χ2n) is 5.84. The first-order valence-electron chi connectivity index (χ1n) is 7.66. The molecule has 0 radical (unpaired) electrons. The minimum atomic E-state index is -0.186. The maximum absolute atomic E-state index is 11.3. The van der Waals surface area contributed by atoms with Gasteiger partial charge < -0.3 is 14.5 Å². The number of para-hydroxylation sites is 1. The van der Waals surface area contributed by atoms with Crippen molar-refractivity contribution in [3.05, 3.63) is 30.3 Å². The van der Waals surface area contributed by atoms with Crippen LogP contribution in [0, 0.1) is 0 Å². The molecule has 2 aliphatic rings. The largest absolute Gasteiger partial charge is 0.444 e. The van der Waals surface area contributed by atoms with Gasteiger partial charge in [0.2, 0.25) is 0 Å². The zero-order valence-corrected chi connectivity index (χ0v) is 12.6. The van der Waals surface area contributed by atoms with Crippen LogP contribution in [0.15, 0.2) is 30.3 Å². The van der Waals surface area contributed by atoms with Crippen molar-refractivity contribution in [1.29, 1.82) is 0 Å². The Balaban J connectivity index is 1.41. The Hall–Kier alpha value is -1.75. The van der Waals surface area contributed by atoms with Gasteiger partial charge in [-0.05, 0) is 18.6 Å². The maximum atomic E-state index is 11.3. The lowest BCUT2D eigenvalue weighted by atomic mass is 10.2. The van der Waals surface area contributed by atoms with Crippen LogP contribution in [0.3, 0.4) is 0 Å². The fourth-order valence-electron chi connectivity index (χ4n) is 3.00. The normalized spacial score (nSPS) is 23.5. The van der Waals surface area contributed by atoms with Crippen LogP contribution >= 0.6 is 0 Å². The average molecular weight is 289 g/mol. The van der Waals surface area contributed by atoms with E-state index in [1.165, 1.54) is 5.69 Å². The molecule has 1 atom stereocenters. The van der Waals surface area contributed by atoms with Gasteiger partial charge in [-0.1, -0.05) is 18.2 Å². The molecule has 0 aromatic heterocycles. The number of benzene rings is 1. The summed E-state index contributed by atoms with van der Waals surface area (Å²) < 4.78 is 5.30. The highest BCUT2D eigenvalue weighted by molar-refractivity contribution is 5.69. The van der Waals surface area contributed by atoms with E-state index in [2.05, 4.69) is 40.1 Å². The van der Waals surface area contributed by atoms with Crippen LogP contribution in [0.4, 0.5) is 10.5 Å². The van der Waals surface area contributed by atoms with E-state index in [9.17, 15) is 4.79 Å². The van der Waals surface area contributed by atoms with Crippen molar-refractivity contribution in [1.82, 2.24) is 9.80 Å². The Bertz CT molecular complexity index is 472. The number of rotatable bonds is 4. The summed E-state index contributed by atoms with van der Waals surface area (Å²) >= 11 is 0. The van der Waals surface area contributed by atoms with Crippen LogP contribution in [0.2, 0.25) is 0 Å². The molecule has 5 nitrogen and oxygen atoms in total. The fraction of sp³-hybridized carbons (Fsp3) is 0.562. The molecule has 5 heteroatoms. The smallest absolute Gasteiger partial charge is 0.409 e. The summed E-state index contributed by atoms with van der Waals surface area (Å²) in [6.45, 7) is 6.01. The molecule has 1 aromatic rings. The third-order valence-electron chi connectivity index (χ3n) is 4.32. The molecule has 0 bridgehead atoms. The Labute approximate surface area is 126 Å². The van der Waals surface area contributed by atoms with Gasteiger partial charge in [-0.3, -0.25) is 4.90 Å². The minimum absolute atomic E-state index is 0.0645. The van der Waals surface area contributed by atoms with E-state index < -0.39 is 0 Å². The van der Waals surface area contributed by atoms with Gasteiger partial charge in [0.25, 0.3) is 0 Å². The van der Waals surface area contributed by atoms with Crippen molar-refractivity contribution in [3.63, 3.8) is 0 Å². The van der Waals surface area contributed by atoms with Gasteiger partial charge in [0.15, 0.2) is 0 Å². The molecule has 3 rings (SSSR count). The van der Waals surface area contributed by atoms with E-state index in [-0.39, 0.29) is 12.2 Å². The molecule has 21 heavy (non-hydrogen) atoms. The number of ether oxygens (including phenoxy) is 1. The van der Waals surface area contributed by atoms with E-state index in [4.69, 9.17) is 4.74 Å². The summed E-state index contributed by atoms with van der Waals surface area (Å²) in [4.78, 5) is 17.9. The molecule has 2 fully saturated rings. The van der Waals surface area contributed by atoms with E-state index in [1.807, 2.05) is 0 Å². The standard InChI is InChI=1S/C16H23N3O2/c1-17-13-15(21-16(17)20)7-8-18-9-11-19(12-10-18)14-5-3-2-4-6-14/h2-6,15H,7-13H2,1H3/t15-/m1/s1. The number of amides is 1. The number of carbonyl (C=O) groups is 1. The van der Waals surface area contributed by atoms with Crippen LogP contribution in [-0.4, -0.2) is 68.3 Å². The van der Waals surface area contributed by atoms with Crippen LogP contribution in [0.25, 0.3) is 0 Å². The van der Waals surface area contributed by atoms with E-state index in [0.717, 1.165) is 45.7 Å². The van der Waals surface area contributed by atoms with E-state index >= 15 is 0 Å². The Morgan fingerprint density at radius 3 is 2.48 bits per heavy atom. The number of hydrogen-bond acceptors (Lipinski definition) is 4. The molecule has 1 amide bonds.